The molecule has 82 valence electrons. The number of hydrogen-bond acceptors (Lipinski definition) is 3. The van der Waals surface area contributed by atoms with Gasteiger partial charge in [-0.3, -0.25) is 0 Å². The first-order valence-electron chi connectivity index (χ1n) is 5.07. The zero-order chi connectivity index (χ0) is 11.1. The summed E-state index contributed by atoms with van der Waals surface area (Å²) >= 11 is 0. The second-order valence-electron chi connectivity index (χ2n) is 4.51. The van der Waals surface area contributed by atoms with Crippen molar-refractivity contribution in [3.05, 3.63) is 23.3 Å². The first kappa shape index (κ1) is 10.3. The average molecular weight is 208 g/mol. The monoisotopic (exact) mass is 208 g/mol. The van der Waals surface area contributed by atoms with Gasteiger partial charge in [-0.25, -0.2) is 0 Å². The van der Waals surface area contributed by atoms with Crippen molar-refractivity contribution in [3.8, 4) is 11.5 Å². The van der Waals surface area contributed by atoms with Crippen LogP contribution in [0.15, 0.2) is 12.1 Å². The summed E-state index contributed by atoms with van der Waals surface area (Å²) in [6.45, 7) is 6.43. The highest BCUT2D eigenvalue weighted by Gasteiger charge is 2.26. The van der Waals surface area contributed by atoms with E-state index in [0.717, 1.165) is 22.6 Å². The smallest absolute Gasteiger partial charge is 0.231 e. The van der Waals surface area contributed by atoms with Gasteiger partial charge in [0.1, 0.15) is 0 Å². The third-order valence-corrected chi connectivity index (χ3v) is 2.91. The average Bonchev–Trinajstić information content (AvgIpc) is 2.66. The highest BCUT2D eigenvalue weighted by Crippen LogP contribution is 2.40. The normalized spacial score (nSPS) is 14.4. The molecule has 0 bridgehead atoms. The standard InChI is InChI=1S/C12H16O3/c1-8-9(12(2,3)6-13)4-5-10-11(8)15-7-14-10/h4-5,13H,6-7H2,1-3H3. The number of rotatable bonds is 2. The second kappa shape index (κ2) is 3.42. The highest BCUT2D eigenvalue weighted by molar-refractivity contribution is 5.53. The molecule has 3 heteroatoms. The largest absolute Gasteiger partial charge is 0.454 e. The van der Waals surface area contributed by atoms with Gasteiger partial charge in [-0.2, -0.15) is 0 Å². The van der Waals surface area contributed by atoms with Gasteiger partial charge in [0.05, 0.1) is 6.61 Å². The fraction of sp³-hybridized carbons (Fsp3) is 0.500. The van der Waals surface area contributed by atoms with E-state index in [1.165, 1.54) is 0 Å². The van der Waals surface area contributed by atoms with Gasteiger partial charge < -0.3 is 14.6 Å². The van der Waals surface area contributed by atoms with Crippen LogP contribution in [0.2, 0.25) is 0 Å². The van der Waals surface area contributed by atoms with E-state index in [9.17, 15) is 5.11 Å². The van der Waals surface area contributed by atoms with Gasteiger partial charge in [0.25, 0.3) is 0 Å². The summed E-state index contributed by atoms with van der Waals surface area (Å²) in [4.78, 5) is 0. The van der Waals surface area contributed by atoms with Gasteiger partial charge >= 0.3 is 0 Å². The van der Waals surface area contributed by atoms with Crippen LogP contribution in [-0.2, 0) is 5.41 Å². The Bertz CT molecular complexity index is 383. The molecule has 1 aliphatic rings. The van der Waals surface area contributed by atoms with E-state index >= 15 is 0 Å². The van der Waals surface area contributed by atoms with Crippen LogP contribution in [0.5, 0.6) is 11.5 Å². The van der Waals surface area contributed by atoms with Crippen molar-refractivity contribution < 1.29 is 14.6 Å². The van der Waals surface area contributed by atoms with E-state index in [4.69, 9.17) is 9.47 Å². The van der Waals surface area contributed by atoms with E-state index in [1.54, 1.807) is 0 Å². The van der Waals surface area contributed by atoms with E-state index in [-0.39, 0.29) is 12.0 Å². The Balaban J connectivity index is 2.51. The third-order valence-electron chi connectivity index (χ3n) is 2.91. The third kappa shape index (κ3) is 1.57. The number of hydrogen-bond donors (Lipinski definition) is 1. The van der Waals surface area contributed by atoms with Crippen molar-refractivity contribution in [1.82, 2.24) is 0 Å². The van der Waals surface area contributed by atoms with Gasteiger partial charge in [-0.15, -0.1) is 0 Å². The molecule has 0 fully saturated rings. The molecule has 0 aromatic heterocycles. The number of aliphatic hydroxyl groups excluding tert-OH is 1. The van der Waals surface area contributed by atoms with Gasteiger partial charge in [0, 0.05) is 5.41 Å². The molecule has 0 saturated heterocycles. The molecule has 1 heterocycles. The van der Waals surface area contributed by atoms with Crippen molar-refractivity contribution >= 4 is 0 Å². The van der Waals surface area contributed by atoms with Gasteiger partial charge in [0.2, 0.25) is 6.79 Å². The molecule has 0 aliphatic carbocycles. The number of aliphatic hydroxyl groups is 1. The molecular formula is C12H16O3. The highest BCUT2D eigenvalue weighted by atomic mass is 16.7. The fourth-order valence-electron chi connectivity index (χ4n) is 1.93. The SMILES string of the molecule is Cc1c(C(C)(C)CO)ccc2c1OCO2. The van der Waals surface area contributed by atoms with Crippen LogP contribution in [0.3, 0.4) is 0 Å². The Kier molecular flexibility index (Phi) is 2.35. The van der Waals surface area contributed by atoms with Gasteiger partial charge in [-0.05, 0) is 24.1 Å². The Morgan fingerprint density at radius 1 is 1.33 bits per heavy atom. The molecule has 3 nitrogen and oxygen atoms in total. The minimum atomic E-state index is -0.245. The summed E-state index contributed by atoms with van der Waals surface area (Å²) in [6.07, 6.45) is 0. The maximum atomic E-state index is 9.35. The molecule has 1 N–H and O–H groups in total. The summed E-state index contributed by atoms with van der Waals surface area (Å²) in [6, 6.07) is 3.90. The van der Waals surface area contributed by atoms with Gasteiger partial charge in [0.15, 0.2) is 11.5 Å². The Morgan fingerprint density at radius 2 is 2.07 bits per heavy atom. The Labute approximate surface area is 89.6 Å². The summed E-state index contributed by atoms with van der Waals surface area (Å²) in [5.74, 6) is 1.61. The molecule has 2 rings (SSSR count). The van der Waals surface area contributed by atoms with E-state index in [1.807, 2.05) is 32.9 Å². The fourth-order valence-corrected chi connectivity index (χ4v) is 1.93. The van der Waals surface area contributed by atoms with Crippen molar-refractivity contribution in [2.75, 3.05) is 13.4 Å². The van der Waals surface area contributed by atoms with Crippen LogP contribution in [0.1, 0.15) is 25.0 Å². The van der Waals surface area contributed by atoms with Gasteiger partial charge in [-0.1, -0.05) is 19.9 Å². The van der Waals surface area contributed by atoms with Crippen LogP contribution < -0.4 is 9.47 Å². The predicted octanol–water partition coefficient (Wildman–Crippen LogP) is 1.99. The lowest BCUT2D eigenvalue weighted by molar-refractivity contribution is 0.173. The summed E-state index contributed by atoms with van der Waals surface area (Å²) in [5.41, 5.74) is 1.92. The van der Waals surface area contributed by atoms with Crippen molar-refractivity contribution in [2.45, 2.75) is 26.2 Å². The molecule has 0 spiro atoms. The summed E-state index contributed by atoms with van der Waals surface area (Å²) in [5, 5.41) is 9.35. The van der Waals surface area contributed by atoms with Crippen molar-refractivity contribution in [2.24, 2.45) is 0 Å². The molecule has 1 aromatic rings. The molecule has 0 atom stereocenters. The van der Waals surface area contributed by atoms with Crippen molar-refractivity contribution in [3.63, 3.8) is 0 Å². The predicted molar refractivity (Wildman–Crippen MR) is 57.4 cm³/mol. The number of benzene rings is 1. The van der Waals surface area contributed by atoms with E-state index in [2.05, 4.69) is 0 Å². The lowest BCUT2D eigenvalue weighted by atomic mass is 9.82. The molecule has 0 unspecified atom stereocenters. The summed E-state index contributed by atoms with van der Waals surface area (Å²) < 4.78 is 10.7. The van der Waals surface area contributed by atoms with Crippen LogP contribution in [0.4, 0.5) is 0 Å². The Hall–Kier alpha value is -1.22. The van der Waals surface area contributed by atoms with E-state index in [0.29, 0.717) is 6.79 Å². The lowest BCUT2D eigenvalue weighted by Gasteiger charge is -2.24. The minimum absolute atomic E-state index is 0.119. The molecular weight excluding hydrogens is 192 g/mol. The molecule has 0 saturated carbocycles. The number of ether oxygens (including phenoxy) is 2. The maximum Gasteiger partial charge on any atom is 0.231 e. The zero-order valence-corrected chi connectivity index (χ0v) is 9.33. The lowest BCUT2D eigenvalue weighted by Crippen LogP contribution is -2.23. The van der Waals surface area contributed by atoms with Crippen LogP contribution in [0, 0.1) is 6.92 Å². The minimum Gasteiger partial charge on any atom is -0.454 e. The maximum absolute atomic E-state index is 9.35. The first-order valence-corrected chi connectivity index (χ1v) is 5.07. The molecule has 0 amide bonds. The van der Waals surface area contributed by atoms with Crippen LogP contribution in [0.25, 0.3) is 0 Å². The van der Waals surface area contributed by atoms with E-state index < -0.39 is 0 Å². The van der Waals surface area contributed by atoms with Crippen LogP contribution >= 0.6 is 0 Å². The number of fused-ring (bicyclic) bond motifs is 1. The topological polar surface area (TPSA) is 38.7 Å². The quantitative estimate of drug-likeness (QED) is 0.807. The van der Waals surface area contributed by atoms with Crippen molar-refractivity contribution in [1.29, 1.82) is 0 Å². The summed E-state index contributed by atoms with van der Waals surface area (Å²) in [7, 11) is 0. The molecule has 15 heavy (non-hydrogen) atoms. The second-order valence-corrected chi connectivity index (χ2v) is 4.51. The zero-order valence-electron chi connectivity index (χ0n) is 9.33. The first-order chi connectivity index (χ1) is 7.06. The molecule has 0 radical (unpaired) electrons. The molecule has 1 aliphatic heterocycles. The van der Waals surface area contributed by atoms with Crippen LogP contribution in [-0.4, -0.2) is 18.5 Å². The Morgan fingerprint density at radius 3 is 2.73 bits per heavy atom. The molecule has 1 aromatic carbocycles.